The van der Waals surface area contributed by atoms with E-state index < -0.39 is 5.60 Å². The molecule has 3 rings (SSSR count). The molecule has 0 saturated heterocycles. The number of Topliss-reactive ketones (excluding diaryl/α,β-unsaturated/α-hetero) is 1. The van der Waals surface area contributed by atoms with Gasteiger partial charge in [-0.25, -0.2) is 0 Å². The van der Waals surface area contributed by atoms with Crippen LogP contribution in [0.2, 0.25) is 5.02 Å². The highest BCUT2D eigenvalue weighted by Crippen LogP contribution is 2.33. The number of hydrogen-bond donors (Lipinski definition) is 1. The van der Waals surface area contributed by atoms with E-state index in [4.69, 9.17) is 11.6 Å². The highest BCUT2D eigenvalue weighted by atomic mass is 35.5. The fourth-order valence-corrected chi connectivity index (χ4v) is 2.72. The molecule has 1 N–H and O–H groups in total. The summed E-state index contributed by atoms with van der Waals surface area (Å²) in [6.45, 7) is 0. The number of benzene rings is 3. The summed E-state index contributed by atoms with van der Waals surface area (Å²) in [5.74, 6) is -0.369. The first-order chi connectivity index (χ1) is 11.1. The van der Waals surface area contributed by atoms with Crippen molar-refractivity contribution in [3.63, 3.8) is 0 Å². The summed E-state index contributed by atoms with van der Waals surface area (Å²) in [6, 6.07) is 24.4. The lowest BCUT2D eigenvalue weighted by Gasteiger charge is -2.28. The minimum atomic E-state index is -1.76. The van der Waals surface area contributed by atoms with Gasteiger partial charge in [0.25, 0.3) is 0 Å². The zero-order valence-corrected chi connectivity index (χ0v) is 13.1. The van der Waals surface area contributed by atoms with Crippen LogP contribution in [0.5, 0.6) is 0 Å². The summed E-state index contributed by atoms with van der Waals surface area (Å²) in [5.41, 5.74) is -0.292. The predicted octanol–water partition coefficient (Wildman–Crippen LogP) is 4.46. The van der Waals surface area contributed by atoms with Crippen LogP contribution in [-0.2, 0) is 5.60 Å². The molecule has 0 aliphatic carbocycles. The second kappa shape index (κ2) is 6.37. The third kappa shape index (κ3) is 2.91. The summed E-state index contributed by atoms with van der Waals surface area (Å²) >= 11 is 5.94. The Morgan fingerprint density at radius 3 is 1.78 bits per heavy atom. The molecule has 0 aromatic heterocycles. The first kappa shape index (κ1) is 15.5. The van der Waals surface area contributed by atoms with E-state index in [9.17, 15) is 9.90 Å². The number of ketones is 1. The standard InChI is InChI=1S/C20H15ClO2/c21-18-13-11-17(12-14-18)20(23,16-9-5-2-6-10-16)19(22)15-7-3-1-4-8-15/h1-14,23H. The lowest BCUT2D eigenvalue weighted by molar-refractivity contribution is 0.0488. The summed E-state index contributed by atoms with van der Waals surface area (Å²) < 4.78 is 0. The molecule has 3 aromatic rings. The second-order valence-corrected chi connectivity index (χ2v) is 5.71. The first-order valence-corrected chi connectivity index (χ1v) is 7.64. The lowest BCUT2D eigenvalue weighted by Crippen LogP contribution is -2.37. The van der Waals surface area contributed by atoms with Crippen molar-refractivity contribution in [1.29, 1.82) is 0 Å². The van der Waals surface area contributed by atoms with Crippen molar-refractivity contribution in [3.05, 3.63) is 107 Å². The van der Waals surface area contributed by atoms with Crippen LogP contribution in [0.1, 0.15) is 21.5 Å². The number of rotatable bonds is 4. The van der Waals surface area contributed by atoms with E-state index >= 15 is 0 Å². The van der Waals surface area contributed by atoms with Crippen LogP contribution in [0.3, 0.4) is 0 Å². The molecule has 3 aromatic carbocycles. The van der Waals surface area contributed by atoms with Gasteiger partial charge in [0.2, 0.25) is 5.78 Å². The Balaban J connectivity index is 2.18. The van der Waals surface area contributed by atoms with E-state index in [-0.39, 0.29) is 5.78 Å². The monoisotopic (exact) mass is 322 g/mol. The summed E-state index contributed by atoms with van der Waals surface area (Å²) in [4.78, 5) is 13.1. The van der Waals surface area contributed by atoms with Gasteiger partial charge in [0, 0.05) is 10.6 Å². The number of aliphatic hydroxyl groups is 1. The van der Waals surface area contributed by atoms with Gasteiger partial charge in [-0.1, -0.05) is 84.4 Å². The van der Waals surface area contributed by atoms with Crippen molar-refractivity contribution < 1.29 is 9.90 Å². The van der Waals surface area contributed by atoms with E-state index in [2.05, 4.69) is 0 Å². The van der Waals surface area contributed by atoms with Crippen molar-refractivity contribution in [2.75, 3.05) is 0 Å². The van der Waals surface area contributed by atoms with Crippen molar-refractivity contribution in [3.8, 4) is 0 Å². The second-order valence-electron chi connectivity index (χ2n) is 5.28. The Bertz CT molecular complexity index is 798. The molecule has 1 atom stereocenters. The average molecular weight is 323 g/mol. The lowest BCUT2D eigenvalue weighted by atomic mass is 9.80. The normalized spacial score (nSPS) is 13.3. The number of carbonyl (C=O) groups excluding carboxylic acids is 1. The Hall–Kier alpha value is -2.42. The van der Waals surface area contributed by atoms with Gasteiger partial charge < -0.3 is 5.11 Å². The summed E-state index contributed by atoms with van der Waals surface area (Å²) in [7, 11) is 0. The van der Waals surface area contributed by atoms with E-state index in [0.29, 0.717) is 21.7 Å². The van der Waals surface area contributed by atoms with Crippen molar-refractivity contribution in [2.45, 2.75) is 5.60 Å². The van der Waals surface area contributed by atoms with Crippen LogP contribution in [0, 0.1) is 0 Å². The average Bonchev–Trinajstić information content (AvgIpc) is 2.62. The van der Waals surface area contributed by atoms with Gasteiger partial charge in [0.15, 0.2) is 5.60 Å². The third-order valence-electron chi connectivity index (χ3n) is 3.82. The van der Waals surface area contributed by atoms with E-state index in [1.54, 1.807) is 72.8 Å². The molecule has 0 fully saturated rings. The minimum absolute atomic E-state index is 0.369. The molecule has 0 radical (unpaired) electrons. The van der Waals surface area contributed by atoms with Crippen molar-refractivity contribution in [1.82, 2.24) is 0 Å². The molecule has 114 valence electrons. The van der Waals surface area contributed by atoms with Crippen LogP contribution in [-0.4, -0.2) is 10.9 Å². The number of carbonyl (C=O) groups is 1. The molecule has 23 heavy (non-hydrogen) atoms. The zero-order chi connectivity index (χ0) is 16.3. The molecular formula is C20H15ClO2. The smallest absolute Gasteiger partial charge is 0.203 e. The Morgan fingerprint density at radius 1 is 0.739 bits per heavy atom. The highest BCUT2D eigenvalue weighted by molar-refractivity contribution is 6.30. The SMILES string of the molecule is O=C(c1ccccc1)C(O)(c1ccccc1)c1ccc(Cl)cc1. The number of halogens is 1. The molecule has 1 unspecified atom stereocenters. The van der Waals surface area contributed by atoms with Gasteiger partial charge in [-0.2, -0.15) is 0 Å². The fourth-order valence-electron chi connectivity index (χ4n) is 2.60. The molecule has 2 nitrogen and oxygen atoms in total. The quantitative estimate of drug-likeness (QED) is 0.720. The molecule has 0 heterocycles. The molecular weight excluding hydrogens is 308 g/mol. The fraction of sp³-hybridized carbons (Fsp3) is 0.0500. The van der Waals surface area contributed by atoms with Gasteiger partial charge in [0.1, 0.15) is 0 Å². The maximum absolute atomic E-state index is 13.1. The Morgan fingerprint density at radius 2 is 1.22 bits per heavy atom. The maximum atomic E-state index is 13.1. The third-order valence-corrected chi connectivity index (χ3v) is 4.07. The maximum Gasteiger partial charge on any atom is 0.203 e. The number of hydrogen-bond acceptors (Lipinski definition) is 2. The Labute approximate surface area is 140 Å². The van der Waals surface area contributed by atoms with Gasteiger partial charge in [-0.15, -0.1) is 0 Å². The van der Waals surface area contributed by atoms with Crippen LogP contribution in [0.4, 0.5) is 0 Å². The van der Waals surface area contributed by atoms with Gasteiger partial charge in [-0.3, -0.25) is 4.79 Å². The summed E-state index contributed by atoms with van der Waals surface area (Å²) in [5, 5.41) is 11.9. The molecule has 0 amide bonds. The molecule has 0 spiro atoms. The molecule has 0 saturated carbocycles. The van der Waals surface area contributed by atoms with Crippen LogP contribution < -0.4 is 0 Å². The molecule has 0 aliphatic rings. The zero-order valence-electron chi connectivity index (χ0n) is 12.3. The van der Waals surface area contributed by atoms with Crippen LogP contribution in [0.15, 0.2) is 84.9 Å². The Kier molecular flexibility index (Phi) is 4.28. The van der Waals surface area contributed by atoms with Crippen LogP contribution >= 0.6 is 11.6 Å². The van der Waals surface area contributed by atoms with Crippen molar-refractivity contribution >= 4 is 17.4 Å². The van der Waals surface area contributed by atoms with E-state index in [1.807, 2.05) is 12.1 Å². The molecule has 0 aliphatic heterocycles. The largest absolute Gasteiger partial charge is 0.373 e. The van der Waals surface area contributed by atoms with E-state index in [1.165, 1.54) is 0 Å². The highest BCUT2D eigenvalue weighted by Gasteiger charge is 2.40. The topological polar surface area (TPSA) is 37.3 Å². The first-order valence-electron chi connectivity index (χ1n) is 7.26. The van der Waals surface area contributed by atoms with Crippen LogP contribution in [0.25, 0.3) is 0 Å². The molecule has 0 bridgehead atoms. The van der Waals surface area contributed by atoms with Crippen molar-refractivity contribution in [2.24, 2.45) is 0 Å². The van der Waals surface area contributed by atoms with Gasteiger partial charge in [0.05, 0.1) is 0 Å². The van der Waals surface area contributed by atoms with Gasteiger partial charge in [-0.05, 0) is 23.3 Å². The minimum Gasteiger partial charge on any atom is -0.373 e. The summed E-state index contributed by atoms with van der Waals surface area (Å²) in [6.07, 6.45) is 0. The van der Waals surface area contributed by atoms with E-state index in [0.717, 1.165) is 0 Å². The van der Waals surface area contributed by atoms with Gasteiger partial charge >= 0.3 is 0 Å². The predicted molar refractivity (Wildman–Crippen MR) is 91.7 cm³/mol. The molecule has 3 heteroatoms.